The zero-order valence-electron chi connectivity index (χ0n) is 9.89. The Kier molecular flexibility index (Phi) is 5.77. The molecule has 3 heteroatoms. The van der Waals surface area contributed by atoms with E-state index in [1.807, 2.05) is 13.8 Å². The van der Waals surface area contributed by atoms with Gasteiger partial charge in [-0.1, -0.05) is 27.7 Å². The second kappa shape index (κ2) is 6.02. The first-order chi connectivity index (χ1) is 6.51. The maximum Gasteiger partial charge on any atom is 0.222 e. The number of carbonyl (C=O) groups excluding carboxylic acids is 1. The third-order valence-corrected chi connectivity index (χ3v) is 3.10. The van der Waals surface area contributed by atoms with Crippen molar-refractivity contribution in [2.75, 3.05) is 13.1 Å². The van der Waals surface area contributed by atoms with Crippen LogP contribution in [0, 0.1) is 11.3 Å². The van der Waals surface area contributed by atoms with Gasteiger partial charge in [-0.3, -0.25) is 4.79 Å². The lowest BCUT2D eigenvalue weighted by Crippen LogP contribution is -2.42. The van der Waals surface area contributed by atoms with Gasteiger partial charge in [0.2, 0.25) is 5.91 Å². The van der Waals surface area contributed by atoms with E-state index in [1.165, 1.54) is 0 Å². The van der Waals surface area contributed by atoms with Gasteiger partial charge in [-0.15, -0.1) is 0 Å². The van der Waals surface area contributed by atoms with Crippen LogP contribution in [-0.2, 0) is 4.79 Å². The molecule has 0 aromatic rings. The van der Waals surface area contributed by atoms with E-state index in [2.05, 4.69) is 19.2 Å². The molecule has 0 saturated heterocycles. The summed E-state index contributed by atoms with van der Waals surface area (Å²) in [5.74, 6) is 0.170. The first kappa shape index (κ1) is 13.4. The molecule has 0 aliphatic heterocycles. The summed E-state index contributed by atoms with van der Waals surface area (Å²) in [6, 6.07) is 0. The average molecular weight is 200 g/mol. The van der Waals surface area contributed by atoms with Crippen LogP contribution in [0.25, 0.3) is 0 Å². The van der Waals surface area contributed by atoms with Crippen molar-refractivity contribution in [3.05, 3.63) is 0 Å². The van der Waals surface area contributed by atoms with Gasteiger partial charge >= 0.3 is 0 Å². The van der Waals surface area contributed by atoms with E-state index in [1.54, 1.807) is 0 Å². The van der Waals surface area contributed by atoms with Crippen LogP contribution in [0.1, 0.15) is 40.5 Å². The standard InChI is InChI=1S/C11H24N2O/c1-5-11(6-2,7-12)8-13-10(14)9(3)4/h9H,5-8,12H2,1-4H3,(H,13,14). The maximum absolute atomic E-state index is 11.4. The Morgan fingerprint density at radius 2 is 1.86 bits per heavy atom. The van der Waals surface area contributed by atoms with E-state index in [4.69, 9.17) is 5.73 Å². The second-order valence-electron chi connectivity index (χ2n) is 4.28. The molecule has 0 spiro atoms. The molecule has 14 heavy (non-hydrogen) atoms. The lowest BCUT2D eigenvalue weighted by atomic mass is 9.82. The summed E-state index contributed by atoms with van der Waals surface area (Å²) in [6.45, 7) is 9.39. The highest BCUT2D eigenvalue weighted by Gasteiger charge is 2.25. The molecule has 0 saturated carbocycles. The van der Waals surface area contributed by atoms with Gasteiger partial charge in [-0.25, -0.2) is 0 Å². The van der Waals surface area contributed by atoms with Crippen LogP contribution in [0.3, 0.4) is 0 Å². The van der Waals surface area contributed by atoms with Crippen molar-refractivity contribution in [2.24, 2.45) is 17.1 Å². The highest BCUT2D eigenvalue weighted by atomic mass is 16.1. The molecule has 0 unspecified atom stereocenters. The average Bonchev–Trinajstić information content (AvgIpc) is 2.20. The lowest BCUT2D eigenvalue weighted by Gasteiger charge is -2.30. The number of rotatable bonds is 6. The highest BCUT2D eigenvalue weighted by molar-refractivity contribution is 5.77. The Balaban J connectivity index is 4.12. The quantitative estimate of drug-likeness (QED) is 0.683. The fourth-order valence-corrected chi connectivity index (χ4v) is 1.34. The van der Waals surface area contributed by atoms with E-state index < -0.39 is 0 Å². The van der Waals surface area contributed by atoms with Crippen LogP contribution in [0.15, 0.2) is 0 Å². The Bertz CT molecular complexity index is 166. The fraction of sp³-hybridized carbons (Fsp3) is 0.909. The Morgan fingerprint density at radius 1 is 1.36 bits per heavy atom. The number of nitrogens with one attached hydrogen (secondary N) is 1. The van der Waals surface area contributed by atoms with Crippen LogP contribution in [-0.4, -0.2) is 19.0 Å². The molecule has 3 nitrogen and oxygen atoms in total. The minimum Gasteiger partial charge on any atom is -0.355 e. The molecule has 0 aliphatic carbocycles. The molecule has 3 N–H and O–H groups in total. The smallest absolute Gasteiger partial charge is 0.222 e. The summed E-state index contributed by atoms with van der Waals surface area (Å²) in [7, 11) is 0. The first-order valence-electron chi connectivity index (χ1n) is 5.49. The van der Waals surface area contributed by atoms with E-state index in [-0.39, 0.29) is 17.2 Å². The highest BCUT2D eigenvalue weighted by Crippen LogP contribution is 2.23. The number of hydrogen-bond donors (Lipinski definition) is 2. The second-order valence-corrected chi connectivity index (χ2v) is 4.28. The number of carbonyl (C=O) groups is 1. The Labute approximate surface area is 87.4 Å². The molecular formula is C11H24N2O. The minimum absolute atomic E-state index is 0.0548. The van der Waals surface area contributed by atoms with Crippen LogP contribution >= 0.6 is 0 Å². The summed E-state index contributed by atoms with van der Waals surface area (Å²) in [5, 5.41) is 2.96. The van der Waals surface area contributed by atoms with E-state index in [9.17, 15) is 4.79 Å². The third kappa shape index (κ3) is 3.66. The molecule has 0 aromatic heterocycles. The summed E-state index contributed by atoms with van der Waals surface area (Å²) in [4.78, 5) is 11.4. The summed E-state index contributed by atoms with van der Waals surface area (Å²) in [5.41, 5.74) is 5.83. The lowest BCUT2D eigenvalue weighted by molar-refractivity contribution is -0.124. The predicted molar refractivity (Wildman–Crippen MR) is 59.9 cm³/mol. The first-order valence-corrected chi connectivity index (χ1v) is 5.49. The van der Waals surface area contributed by atoms with E-state index in [0.717, 1.165) is 12.8 Å². The molecule has 0 fully saturated rings. The third-order valence-electron chi connectivity index (χ3n) is 3.10. The van der Waals surface area contributed by atoms with E-state index in [0.29, 0.717) is 13.1 Å². The molecular weight excluding hydrogens is 176 g/mol. The fourth-order valence-electron chi connectivity index (χ4n) is 1.34. The van der Waals surface area contributed by atoms with Crippen molar-refractivity contribution >= 4 is 5.91 Å². The summed E-state index contributed by atoms with van der Waals surface area (Å²) < 4.78 is 0. The number of hydrogen-bond acceptors (Lipinski definition) is 2. The van der Waals surface area contributed by atoms with Crippen molar-refractivity contribution in [2.45, 2.75) is 40.5 Å². The van der Waals surface area contributed by atoms with Crippen molar-refractivity contribution < 1.29 is 4.79 Å². The largest absolute Gasteiger partial charge is 0.355 e. The molecule has 0 heterocycles. The van der Waals surface area contributed by atoms with Crippen LogP contribution < -0.4 is 11.1 Å². The van der Waals surface area contributed by atoms with E-state index >= 15 is 0 Å². The van der Waals surface area contributed by atoms with Crippen LogP contribution in [0.5, 0.6) is 0 Å². The van der Waals surface area contributed by atoms with Crippen LogP contribution in [0.2, 0.25) is 0 Å². The number of amides is 1. The van der Waals surface area contributed by atoms with Gasteiger partial charge in [-0.2, -0.15) is 0 Å². The van der Waals surface area contributed by atoms with Gasteiger partial charge < -0.3 is 11.1 Å². The zero-order valence-corrected chi connectivity index (χ0v) is 9.89. The monoisotopic (exact) mass is 200 g/mol. The van der Waals surface area contributed by atoms with Crippen molar-refractivity contribution in [1.29, 1.82) is 0 Å². The van der Waals surface area contributed by atoms with Crippen molar-refractivity contribution in [1.82, 2.24) is 5.32 Å². The molecule has 0 aliphatic rings. The maximum atomic E-state index is 11.4. The molecule has 0 aromatic carbocycles. The molecule has 0 bridgehead atoms. The normalized spacial score (nSPS) is 11.9. The summed E-state index contributed by atoms with van der Waals surface area (Å²) >= 11 is 0. The predicted octanol–water partition coefficient (Wildman–Crippen LogP) is 1.52. The van der Waals surface area contributed by atoms with Gasteiger partial charge in [0, 0.05) is 12.5 Å². The zero-order chi connectivity index (χ0) is 11.2. The Hall–Kier alpha value is -0.570. The van der Waals surface area contributed by atoms with Crippen LogP contribution in [0.4, 0.5) is 0 Å². The van der Waals surface area contributed by atoms with Crippen molar-refractivity contribution in [3.8, 4) is 0 Å². The topological polar surface area (TPSA) is 55.1 Å². The van der Waals surface area contributed by atoms with Crippen molar-refractivity contribution in [3.63, 3.8) is 0 Å². The Morgan fingerprint density at radius 3 is 2.14 bits per heavy atom. The molecule has 0 radical (unpaired) electrons. The minimum atomic E-state index is 0.0548. The molecule has 0 rings (SSSR count). The summed E-state index contributed by atoms with van der Waals surface area (Å²) in [6.07, 6.45) is 2.02. The molecule has 0 atom stereocenters. The van der Waals surface area contributed by atoms with Gasteiger partial charge in [0.15, 0.2) is 0 Å². The number of nitrogens with two attached hydrogens (primary N) is 1. The van der Waals surface area contributed by atoms with Gasteiger partial charge in [0.25, 0.3) is 0 Å². The molecule has 84 valence electrons. The SMILES string of the molecule is CCC(CC)(CN)CNC(=O)C(C)C. The van der Waals surface area contributed by atoms with Gasteiger partial charge in [-0.05, 0) is 24.8 Å². The van der Waals surface area contributed by atoms with Gasteiger partial charge in [0.1, 0.15) is 0 Å². The molecule has 1 amide bonds. The van der Waals surface area contributed by atoms with Gasteiger partial charge in [0.05, 0.1) is 0 Å².